The third kappa shape index (κ3) is 3.53. The smallest absolute Gasteiger partial charge is 0.254 e. The van der Waals surface area contributed by atoms with Gasteiger partial charge in [-0.15, -0.1) is 0 Å². The van der Waals surface area contributed by atoms with E-state index >= 15 is 0 Å². The van der Waals surface area contributed by atoms with E-state index in [1.165, 1.54) is 18.6 Å². The minimum Gasteiger partial charge on any atom is -0.508 e. The van der Waals surface area contributed by atoms with E-state index in [1.54, 1.807) is 6.92 Å². The molecule has 0 bridgehead atoms. The quantitative estimate of drug-likeness (QED) is 0.799. The lowest BCUT2D eigenvalue weighted by Crippen LogP contribution is -2.54. The van der Waals surface area contributed by atoms with Crippen LogP contribution in [0.5, 0.6) is 5.75 Å². The number of aliphatic hydroxyl groups excluding tert-OH is 1. The SMILES string of the molecule is C[C@@](CO)(NC(=O)c1ccc(O)cc1F)C1CCCCC1. The molecule has 3 N–H and O–H groups in total. The van der Waals surface area contributed by atoms with Crippen molar-refractivity contribution in [3.8, 4) is 5.75 Å². The fraction of sp³-hybridized carbons (Fsp3) is 0.562. The number of hydrogen-bond acceptors (Lipinski definition) is 3. The molecule has 4 nitrogen and oxygen atoms in total. The van der Waals surface area contributed by atoms with Crippen LogP contribution in [0.4, 0.5) is 4.39 Å². The average molecular weight is 295 g/mol. The second-order valence-electron chi connectivity index (χ2n) is 6.03. The van der Waals surface area contributed by atoms with Crippen LogP contribution in [0.15, 0.2) is 18.2 Å². The highest BCUT2D eigenvalue weighted by molar-refractivity contribution is 5.95. The van der Waals surface area contributed by atoms with Gasteiger partial charge in [0, 0.05) is 6.07 Å². The van der Waals surface area contributed by atoms with Gasteiger partial charge in [-0.1, -0.05) is 19.3 Å². The van der Waals surface area contributed by atoms with Crippen molar-refractivity contribution in [2.75, 3.05) is 6.61 Å². The third-order valence-electron chi connectivity index (χ3n) is 4.43. The molecule has 0 aromatic heterocycles. The van der Waals surface area contributed by atoms with Gasteiger partial charge in [0.25, 0.3) is 5.91 Å². The number of aromatic hydroxyl groups is 1. The zero-order valence-electron chi connectivity index (χ0n) is 12.2. The summed E-state index contributed by atoms with van der Waals surface area (Å²) in [7, 11) is 0. The largest absolute Gasteiger partial charge is 0.508 e. The molecule has 1 aromatic carbocycles. The first-order chi connectivity index (χ1) is 9.96. The van der Waals surface area contributed by atoms with E-state index in [0.29, 0.717) is 0 Å². The summed E-state index contributed by atoms with van der Waals surface area (Å²) in [5.74, 6) is -1.35. The molecule has 1 aliphatic carbocycles. The van der Waals surface area contributed by atoms with E-state index in [4.69, 9.17) is 0 Å². The zero-order chi connectivity index (χ0) is 15.5. The van der Waals surface area contributed by atoms with Gasteiger partial charge in [-0.05, 0) is 37.8 Å². The number of carbonyl (C=O) groups is 1. The van der Waals surface area contributed by atoms with E-state index in [2.05, 4.69) is 5.32 Å². The van der Waals surface area contributed by atoms with Crippen LogP contribution >= 0.6 is 0 Å². The Hall–Kier alpha value is -1.62. The van der Waals surface area contributed by atoms with Gasteiger partial charge in [0.05, 0.1) is 17.7 Å². The fourth-order valence-corrected chi connectivity index (χ4v) is 3.03. The number of phenolic OH excluding ortho intramolecular Hbond substituents is 1. The number of halogens is 1. The normalized spacial score (nSPS) is 19.0. The van der Waals surface area contributed by atoms with Gasteiger partial charge in [0.1, 0.15) is 11.6 Å². The number of hydrogen-bond donors (Lipinski definition) is 3. The Labute approximate surface area is 124 Å². The highest BCUT2D eigenvalue weighted by Crippen LogP contribution is 2.32. The number of carbonyl (C=O) groups excluding carboxylic acids is 1. The van der Waals surface area contributed by atoms with E-state index in [9.17, 15) is 19.4 Å². The summed E-state index contributed by atoms with van der Waals surface area (Å²) in [4.78, 5) is 12.3. The van der Waals surface area contributed by atoms with E-state index in [0.717, 1.165) is 31.7 Å². The molecule has 0 aliphatic heterocycles. The van der Waals surface area contributed by atoms with Crippen LogP contribution in [0.1, 0.15) is 49.4 Å². The van der Waals surface area contributed by atoms with E-state index in [-0.39, 0.29) is 23.8 Å². The maximum absolute atomic E-state index is 13.7. The first kappa shape index (κ1) is 15.8. The van der Waals surface area contributed by atoms with Crippen LogP contribution in [0, 0.1) is 11.7 Å². The summed E-state index contributed by atoms with van der Waals surface area (Å²) >= 11 is 0. The van der Waals surface area contributed by atoms with Gasteiger partial charge >= 0.3 is 0 Å². The lowest BCUT2D eigenvalue weighted by Gasteiger charge is -2.39. The standard InChI is InChI=1S/C16H22FNO3/c1-16(10-19,11-5-3-2-4-6-11)18-15(21)13-8-7-12(20)9-14(13)17/h7-9,11,19-20H,2-6,10H2,1H3,(H,18,21)/t16-/m0/s1. The zero-order valence-corrected chi connectivity index (χ0v) is 12.2. The third-order valence-corrected chi connectivity index (χ3v) is 4.43. The van der Waals surface area contributed by atoms with Crippen molar-refractivity contribution in [1.29, 1.82) is 0 Å². The van der Waals surface area contributed by atoms with Gasteiger partial charge in [-0.2, -0.15) is 0 Å². The van der Waals surface area contributed by atoms with Crippen LogP contribution in [0.3, 0.4) is 0 Å². The molecule has 0 saturated heterocycles. The highest BCUT2D eigenvalue weighted by Gasteiger charge is 2.36. The number of phenols is 1. The van der Waals surface area contributed by atoms with E-state index in [1.807, 2.05) is 0 Å². The first-order valence-corrected chi connectivity index (χ1v) is 7.38. The summed E-state index contributed by atoms with van der Waals surface area (Å²) in [6.07, 6.45) is 5.26. The second-order valence-corrected chi connectivity index (χ2v) is 6.03. The van der Waals surface area contributed by atoms with Crippen molar-refractivity contribution >= 4 is 5.91 Å². The number of rotatable bonds is 4. The van der Waals surface area contributed by atoms with Crippen molar-refractivity contribution in [3.05, 3.63) is 29.6 Å². The summed E-state index contributed by atoms with van der Waals surface area (Å²) in [5.41, 5.74) is -0.870. The fourth-order valence-electron chi connectivity index (χ4n) is 3.03. The molecule has 116 valence electrons. The molecule has 0 spiro atoms. The van der Waals surface area contributed by atoms with Crippen LogP contribution in [0.25, 0.3) is 0 Å². The van der Waals surface area contributed by atoms with Crippen molar-refractivity contribution in [1.82, 2.24) is 5.32 Å². The van der Waals surface area contributed by atoms with Crippen LogP contribution in [-0.4, -0.2) is 28.3 Å². The van der Waals surface area contributed by atoms with Gasteiger partial charge in [0.2, 0.25) is 0 Å². The molecule has 2 rings (SSSR count). The van der Waals surface area contributed by atoms with Gasteiger partial charge in [-0.25, -0.2) is 4.39 Å². The van der Waals surface area contributed by atoms with Crippen molar-refractivity contribution in [2.24, 2.45) is 5.92 Å². The molecule has 1 aromatic rings. The highest BCUT2D eigenvalue weighted by atomic mass is 19.1. The molecule has 0 unspecified atom stereocenters. The average Bonchev–Trinajstić information content (AvgIpc) is 2.47. The molecule has 1 fully saturated rings. The second kappa shape index (κ2) is 6.43. The molecule has 5 heteroatoms. The number of nitrogens with one attached hydrogen (secondary N) is 1. The Balaban J connectivity index is 2.15. The lowest BCUT2D eigenvalue weighted by atomic mass is 9.76. The molecule has 1 aliphatic rings. The minimum atomic E-state index is -0.767. The maximum atomic E-state index is 13.7. The molecule has 0 radical (unpaired) electrons. The summed E-state index contributed by atoms with van der Waals surface area (Å²) < 4.78 is 13.7. The van der Waals surface area contributed by atoms with E-state index < -0.39 is 17.3 Å². The summed E-state index contributed by atoms with van der Waals surface area (Å²) in [6.45, 7) is 1.63. The van der Waals surface area contributed by atoms with Crippen molar-refractivity contribution in [2.45, 2.75) is 44.6 Å². The Bertz CT molecular complexity index is 514. The van der Waals surface area contributed by atoms with Crippen molar-refractivity contribution in [3.63, 3.8) is 0 Å². The number of benzene rings is 1. The monoisotopic (exact) mass is 295 g/mol. The summed E-state index contributed by atoms with van der Waals surface area (Å²) in [5, 5.41) is 21.7. The molecule has 1 atom stereocenters. The molecule has 1 saturated carbocycles. The lowest BCUT2D eigenvalue weighted by molar-refractivity contribution is 0.0676. The van der Waals surface area contributed by atoms with Crippen LogP contribution in [0.2, 0.25) is 0 Å². The van der Waals surface area contributed by atoms with Crippen LogP contribution < -0.4 is 5.32 Å². The molecular weight excluding hydrogens is 273 g/mol. The predicted octanol–water partition coefficient (Wildman–Crippen LogP) is 2.59. The minimum absolute atomic E-state index is 0.122. The predicted molar refractivity (Wildman–Crippen MR) is 77.6 cm³/mol. The number of amides is 1. The maximum Gasteiger partial charge on any atom is 0.254 e. The van der Waals surface area contributed by atoms with Crippen LogP contribution in [-0.2, 0) is 0 Å². The first-order valence-electron chi connectivity index (χ1n) is 7.38. The Morgan fingerprint density at radius 3 is 2.62 bits per heavy atom. The van der Waals surface area contributed by atoms with Gasteiger partial charge < -0.3 is 15.5 Å². The molecular formula is C16H22FNO3. The molecule has 21 heavy (non-hydrogen) atoms. The number of aliphatic hydroxyl groups is 1. The van der Waals surface area contributed by atoms with Gasteiger partial charge in [-0.3, -0.25) is 4.79 Å². The Morgan fingerprint density at radius 2 is 2.05 bits per heavy atom. The topological polar surface area (TPSA) is 69.6 Å². The molecule has 1 amide bonds. The van der Waals surface area contributed by atoms with Crippen molar-refractivity contribution < 1.29 is 19.4 Å². The Morgan fingerprint density at radius 1 is 1.38 bits per heavy atom. The Kier molecular flexibility index (Phi) is 4.83. The summed E-state index contributed by atoms with van der Waals surface area (Å²) in [6, 6.07) is 3.43. The molecule has 0 heterocycles. The van der Waals surface area contributed by atoms with Gasteiger partial charge in [0.15, 0.2) is 0 Å².